The molecule has 0 spiro atoms. The largest absolute Gasteiger partial charge is 0.381 e. The number of nitrogens with zero attached hydrogens (tertiary/aromatic N) is 2. The lowest BCUT2D eigenvalue weighted by Gasteiger charge is -2.34. The zero-order valence-electron chi connectivity index (χ0n) is 17.3. The first kappa shape index (κ1) is 22.4. The van der Waals surface area contributed by atoms with Gasteiger partial charge in [-0.25, -0.2) is 13.1 Å². The summed E-state index contributed by atoms with van der Waals surface area (Å²) >= 11 is 0. The molecule has 2 saturated heterocycles. The Morgan fingerprint density at radius 1 is 1.26 bits per heavy atom. The van der Waals surface area contributed by atoms with E-state index in [0.717, 1.165) is 58.2 Å². The van der Waals surface area contributed by atoms with Crippen LogP contribution in [0.3, 0.4) is 0 Å². The van der Waals surface area contributed by atoms with E-state index >= 15 is 0 Å². The van der Waals surface area contributed by atoms with E-state index in [0.29, 0.717) is 18.5 Å². The van der Waals surface area contributed by atoms with Gasteiger partial charge in [-0.3, -0.25) is 4.99 Å². The molecule has 0 amide bonds. The van der Waals surface area contributed by atoms with E-state index in [4.69, 9.17) is 4.74 Å². The van der Waals surface area contributed by atoms with Crippen molar-refractivity contribution < 1.29 is 13.2 Å². The standard InChI is InChI=1S/C18H37N5O3S/c1-5-19-17(20-14-18(2,3)22-27(4,24)25)21-16-6-9-23(10-7-16)12-15-8-11-26-13-15/h15-16,22H,5-14H2,1-4H3,(H2,19,20,21). The van der Waals surface area contributed by atoms with Gasteiger partial charge in [0.15, 0.2) is 5.96 Å². The lowest BCUT2D eigenvalue weighted by molar-refractivity contribution is 0.150. The predicted octanol–water partition coefficient (Wildman–Crippen LogP) is 0.370. The van der Waals surface area contributed by atoms with Crippen molar-refractivity contribution in [2.24, 2.45) is 10.9 Å². The summed E-state index contributed by atoms with van der Waals surface area (Å²) in [5, 5.41) is 6.78. The molecule has 2 aliphatic heterocycles. The number of sulfonamides is 1. The Balaban J connectivity index is 1.81. The molecule has 2 heterocycles. The van der Waals surface area contributed by atoms with Crippen LogP contribution in [0.25, 0.3) is 0 Å². The number of ether oxygens (including phenoxy) is 1. The van der Waals surface area contributed by atoms with E-state index in [1.54, 1.807) is 0 Å². The molecular formula is C18H37N5O3S. The summed E-state index contributed by atoms with van der Waals surface area (Å²) in [5.74, 6) is 1.45. The molecule has 158 valence electrons. The monoisotopic (exact) mass is 403 g/mol. The molecule has 0 saturated carbocycles. The molecule has 0 radical (unpaired) electrons. The van der Waals surface area contributed by atoms with E-state index in [1.807, 2.05) is 20.8 Å². The van der Waals surface area contributed by atoms with E-state index in [9.17, 15) is 8.42 Å². The first-order valence-electron chi connectivity index (χ1n) is 10.0. The molecule has 0 bridgehead atoms. The number of nitrogens with one attached hydrogen (secondary N) is 3. The molecule has 3 N–H and O–H groups in total. The SMILES string of the molecule is CCNC(=NCC(C)(C)NS(C)(=O)=O)NC1CCN(CC2CCOC2)CC1. The van der Waals surface area contributed by atoms with Crippen LogP contribution in [0.5, 0.6) is 0 Å². The molecule has 9 heteroatoms. The zero-order chi connectivity index (χ0) is 19.9. The quantitative estimate of drug-likeness (QED) is 0.400. The number of aliphatic imine (C=N–C) groups is 1. The van der Waals surface area contributed by atoms with Crippen LogP contribution in [0, 0.1) is 5.92 Å². The lowest BCUT2D eigenvalue weighted by Crippen LogP contribution is -2.50. The maximum Gasteiger partial charge on any atom is 0.209 e. The second kappa shape index (κ2) is 10.0. The Hall–Kier alpha value is -0.900. The highest BCUT2D eigenvalue weighted by Gasteiger charge is 2.25. The lowest BCUT2D eigenvalue weighted by atomic mass is 10.0. The molecule has 2 rings (SSSR count). The highest BCUT2D eigenvalue weighted by Crippen LogP contribution is 2.17. The predicted molar refractivity (Wildman–Crippen MR) is 110 cm³/mol. The van der Waals surface area contributed by atoms with Crippen LogP contribution in [0.1, 0.15) is 40.0 Å². The molecule has 0 aromatic rings. The fourth-order valence-electron chi connectivity index (χ4n) is 3.68. The van der Waals surface area contributed by atoms with Crippen molar-refractivity contribution in [3.05, 3.63) is 0 Å². The summed E-state index contributed by atoms with van der Waals surface area (Å²) in [4.78, 5) is 7.15. The minimum absolute atomic E-state index is 0.371. The van der Waals surface area contributed by atoms with Gasteiger partial charge in [0.1, 0.15) is 0 Å². The first-order valence-corrected chi connectivity index (χ1v) is 11.9. The van der Waals surface area contributed by atoms with Crippen LogP contribution < -0.4 is 15.4 Å². The fraction of sp³-hybridized carbons (Fsp3) is 0.944. The van der Waals surface area contributed by atoms with Gasteiger partial charge in [0.05, 0.1) is 19.4 Å². The van der Waals surface area contributed by atoms with E-state index in [1.165, 1.54) is 12.7 Å². The molecule has 2 aliphatic rings. The van der Waals surface area contributed by atoms with Gasteiger partial charge in [-0.05, 0) is 46.0 Å². The molecule has 27 heavy (non-hydrogen) atoms. The Morgan fingerprint density at radius 3 is 2.52 bits per heavy atom. The number of likely N-dealkylation sites (tertiary alicyclic amines) is 1. The van der Waals surface area contributed by atoms with Crippen LogP contribution in [0.15, 0.2) is 4.99 Å². The van der Waals surface area contributed by atoms with Gasteiger partial charge in [0, 0.05) is 44.4 Å². The molecule has 0 aromatic carbocycles. The average molecular weight is 404 g/mol. The third kappa shape index (κ3) is 8.76. The third-order valence-electron chi connectivity index (χ3n) is 4.91. The van der Waals surface area contributed by atoms with E-state index < -0.39 is 15.6 Å². The fourth-order valence-corrected chi connectivity index (χ4v) is 4.74. The maximum absolute atomic E-state index is 11.5. The number of piperidine rings is 1. The van der Waals surface area contributed by atoms with Gasteiger partial charge < -0.3 is 20.3 Å². The maximum atomic E-state index is 11.5. The van der Waals surface area contributed by atoms with Crippen LogP contribution in [0.4, 0.5) is 0 Å². The van der Waals surface area contributed by atoms with Crippen LogP contribution in [-0.4, -0.2) is 83.1 Å². The molecule has 1 unspecified atom stereocenters. The molecule has 0 aromatic heterocycles. The smallest absolute Gasteiger partial charge is 0.209 e. The van der Waals surface area contributed by atoms with Crippen LogP contribution >= 0.6 is 0 Å². The summed E-state index contributed by atoms with van der Waals surface area (Å²) < 4.78 is 31.1. The first-order chi connectivity index (χ1) is 12.7. The van der Waals surface area contributed by atoms with Crippen molar-refractivity contribution in [1.82, 2.24) is 20.3 Å². The second-order valence-electron chi connectivity index (χ2n) is 8.40. The molecule has 1 atom stereocenters. The van der Waals surface area contributed by atoms with Crippen molar-refractivity contribution in [1.29, 1.82) is 0 Å². The molecule has 0 aliphatic carbocycles. The molecule has 8 nitrogen and oxygen atoms in total. The van der Waals surface area contributed by atoms with Crippen molar-refractivity contribution >= 4 is 16.0 Å². The minimum atomic E-state index is -3.26. The summed E-state index contributed by atoms with van der Waals surface area (Å²) in [6.45, 7) is 12.0. The highest BCUT2D eigenvalue weighted by atomic mass is 32.2. The van der Waals surface area contributed by atoms with Gasteiger partial charge in [-0.1, -0.05) is 0 Å². The molecule has 2 fully saturated rings. The Kier molecular flexibility index (Phi) is 8.33. The van der Waals surface area contributed by atoms with Crippen molar-refractivity contribution in [2.75, 3.05) is 52.2 Å². The van der Waals surface area contributed by atoms with E-state index in [-0.39, 0.29) is 0 Å². The topological polar surface area (TPSA) is 95.1 Å². The van der Waals surface area contributed by atoms with Gasteiger partial charge in [-0.2, -0.15) is 0 Å². The summed E-state index contributed by atoms with van der Waals surface area (Å²) in [5.41, 5.74) is -0.622. The van der Waals surface area contributed by atoms with Crippen molar-refractivity contribution in [3.63, 3.8) is 0 Å². The number of hydrogen-bond donors (Lipinski definition) is 3. The number of rotatable bonds is 8. The van der Waals surface area contributed by atoms with Gasteiger partial charge in [0.25, 0.3) is 0 Å². The van der Waals surface area contributed by atoms with Gasteiger partial charge in [0.2, 0.25) is 10.0 Å². The zero-order valence-corrected chi connectivity index (χ0v) is 18.1. The van der Waals surface area contributed by atoms with Gasteiger partial charge >= 0.3 is 0 Å². The Labute approximate surface area is 164 Å². The minimum Gasteiger partial charge on any atom is -0.381 e. The third-order valence-corrected chi connectivity index (χ3v) is 5.83. The van der Waals surface area contributed by atoms with Crippen molar-refractivity contribution in [3.8, 4) is 0 Å². The number of hydrogen-bond acceptors (Lipinski definition) is 5. The Morgan fingerprint density at radius 2 is 1.96 bits per heavy atom. The Bertz CT molecular complexity index is 580. The molecular weight excluding hydrogens is 366 g/mol. The van der Waals surface area contributed by atoms with Crippen LogP contribution in [0.2, 0.25) is 0 Å². The highest BCUT2D eigenvalue weighted by molar-refractivity contribution is 7.88. The normalized spacial score (nSPS) is 23.6. The average Bonchev–Trinajstić information content (AvgIpc) is 3.05. The number of guanidine groups is 1. The summed E-state index contributed by atoms with van der Waals surface area (Å²) in [6.07, 6.45) is 4.53. The van der Waals surface area contributed by atoms with Gasteiger partial charge in [-0.15, -0.1) is 0 Å². The van der Waals surface area contributed by atoms with E-state index in [2.05, 4.69) is 25.2 Å². The second-order valence-corrected chi connectivity index (χ2v) is 10.2. The van der Waals surface area contributed by atoms with Crippen LogP contribution in [-0.2, 0) is 14.8 Å². The van der Waals surface area contributed by atoms with Crippen molar-refractivity contribution in [2.45, 2.75) is 51.6 Å². The summed E-state index contributed by atoms with van der Waals surface area (Å²) in [6, 6.07) is 0.393. The summed E-state index contributed by atoms with van der Waals surface area (Å²) in [7, 11) is -3.26.